The van der Waals surface area contributed by atoms with Crippen LogP contribution in [0.4, 0.5) is 0 Å². The second kappa shape index (κ2) is 8.69. The molecular weight excluding hydrogens is 410 g/mol. The first-order valence-electron chi connectivity index (χ1n) is 12.3. The summed E-state index contributed by atoms with van der Waals surface area (Å²) in [6.45, 7) is 4.41. The van der Waals surface area contributed by atoms with Gasteiger partial charge in [0.2, 0.25) is 5.91 Å². The summed E-state index contributed by atoms with van der Waals surface area (Å²) in [7, 11) is 0. The Labute approximate surface area is 195 Å². The smallest absolute Gasteiger partial charge is 0.271 e. The molecule has 172 valence electrons. The fourth-order valence-electron chi connectivity index (χ4n) is 5.72. The molecule has 1 aromatic heterocycles. The van der Waals surface area contributed by atoms with Crippen molar-refractivity contribution in [2.75, 3.05) is 0 Å². The molecule has 5 heteroatoms. The van der Waals surface area contributed by atoms with Crippen LogP contribution in [0.1, 0.15) is 74.5 Å². The zero-order chi connectivity index (χ0) is 23.0. The van der Waals surface area contributed by atoms with Crippen LogP contribution in [-0.4, -0.2) is 32.9 Å². The van der Waals surface area contributed by atoms with Crippen molar-refractivity contribution in [3.05, 3.63) is 71.9 Å². The van der Waals surface area contributed by atoms with E-state index in [9.17, 15) is 9.59 Å². The average molecular weight is 444 g/mol. The van der Waals surface area contributed by atoms with Crippen LogP contribution < -0.4 is 5.32 Å². The summed E-state index contributed by atoms with van der Waals surface area (Å²) in [5.74, 6) is -0.138. The summed E-state index contributed by atoms with van der Waals surface area (Å²) in [6.07, 6.45) is 6.80. The molecule has 0 bridgehead atoms. The Kier molecular flexibility index (Phi) is 5.73. The van der Waals surface area contributed by atoms with Gasteiger partial charge in [-0.05, 0) is 44.4 Å². The number of nitrogens with one attached hydrogen (secondary N) is 1. The lowest BCUT2D eigenvalue weighted by molar-refractivity contribution is -0.135. The number of hydrogen-bond donors (Lipinski definition) is 1. The molecule has 5 rings (SSSR count). The molecule has 3 aromatic rings. The number of hydrogen-bond acceptors (Lipinski definition) is 2. The van der Waals surface area contributed by atoms with E-state index in [4.69, 9.17) is 0 Å². The van der Waals surface area contributed by atoms with Crippen molar-refractivity contribution in [3.63, 3.8) is 0 Å². The Bertz CT molecular complexity index is 1160. The number of rotatable bonds is 4. The molecule has 0 spiro atoms. The number of amides is 2. The highest BCUT2D eigenvalue weighted by Crippen LogP contribution is 2.38. The van der Waals surface area contributed by atoms with Crippen molar-refractivity contribution < 1.29 is 9.59 Å². The van der Waals surface area contributed by atoms with Gasteiger partial charge in [-0.25, -0.2) is 0 Å². The summed E-state index contributed by atoms with van der Waals surface area (Å²) in [5, 5.41) is 4.38. The molecule has 2 aliphatic rings. The number of aromatic nitrogens is 1. The van der Waals surface area contributed by atoms with Gasteiger partial charge in [-0.15, -0.1) is 0 Å². The minimum atomic E-state index is -0.993. The van der Waals surface area contributed by atoms with Gasteiger partial charge in [0, 0.05) is 16.9 Å². The highest BCUT2D eigenvalue weighted by atomic mass is 16.2. The molecule has 0 unspecified atom stereocenters. The third-order valence-electron chi connectivity index (χ3n) is 7.60. The minimum absolute atomic E-state index is 0.0473. The standard InChI is InChI=1S/C28H33N3O2/c1-20(21-12-6-5-7-13-21)31-26(32)25-18-22-14-10-11-17-24(22)30(25)19-28(31,2)27(33)29-23-15-8-3-4-9-16-23/h5-7,10-14,17-18,20,23H,3-4,8-9,15-16,19H2,1-2H3,(H,29,33)/t20-,28-/m1/s1. The Hall–Kier alpha value is -3.08. The van der Waals surface area contributed by atoms with E-state index in [1.165, 1.54) is 12.8 Å². The van der Waals surface area contributed by atoms with Gasteiger partial charge in [0.15, 0.2) is 0 Å². The SMILES string of the molecule is C[C@H](c1ccccc1)N1C(=O)c2cc3ccccc3n2C[C@]1(C)C(=O)NC1CCCCCC1. The van der Waals surface area contributed by atoms with E-state index in [0.717, 1.165) is 42.1 Å². The monoisotopic (exact) mass is 443 g/mol. The van der Waals surface area contributed by atoms with Crippen LogP contribution in [-0.2, 0) is 11.3 Å². The van der Waals surface area contributed by atoms with Crippen LogP contribution in [0, 0.1) is 0 Å². The van der Waals surface area contributed by atoms with Gasteiger partial charge in [-0.2, -0.15) is 0 Å². The molecule has 1 N–H and O–H groups in total. The number of nitrogens with zero attached hydrogens (tertiary/aromatic N) is 2. The molecule has 2 atom stereocenters. The van der Waals surface area contributed by atoms with E-state index in [-0.39, 0.29) is 23.9 Å². The van der Waals surface area contributed by atoms with Gasteiger partial charge in [0.1, 0.15) is 11.2 Å². The molecule has 1 fully saturated rings. The van der Waals surface area contributed by atoms with Crippen molar-refractivity contribution in [2.45, 2.75) is 76.5 Å². The van der Waals surface area contributed by atoms with E-state index in [0.29, 0.717) is 12.2 Å². The molecule has 0 radical (unpaired) electrons. The fourth-order valence-corrected chi connectivity index (χ4v) is 5.72. The van der Waals surface area contributed by atoms with Crippen LogP contribution in [0.25, 0.3) is 10.9 Å². The van der Waals surface area contributed by atoms with Crippen molar-refractivity contribution in [1.82, 2.24) is 14.8 Å². The van der Waals surface area contributed by atoms with Crippen LogP contribution >= 0.6 is 0 Å². The second-order valence-electron chi connectivity index (χ2n) is 9.87. The van der Waals surface area contributed by atoms with E-state index in [1.54, 1.807) is 0 Å². The Morgan fingerprint density at radius 3 is 2.39 bits per heavy atom. The molecule has 1 aliphatic carbocycles. The van der Waals surface area contributed by atoms with E-state index in [2.05, 4.69) is 5.32 Å². The minimum Gasteiger partial charge on any atom is -0.351 e. The normalized spacial score (nSPS) is 22.6. The molecule has 1 aliphatic heterocycles. The molecule has 2 amide bonds. The molecular formula is C28H33N3O2. The molecule has 5 nitrogen and oxygen atoms in total. The van der Waals surface area contributed by atoms with Crippen molar-refractivity contribution in [2.24, 2.45) is 0 Å². The molecule has 1 saturated carbocycles. The molecule has 2 heterocycles. The average Bonchev–Trinajstić information content (AvgIpc) is 3.00. The third-order valence-corrected chi connectivity index (χ3v) is 7.60. The zero-order valence-corrected chi connectivity index (χ0v) is 19.6. The number of para-hydroxylation sites is 1. The first-order chi connectivity index (χ1) is 16.0. The van der Waals surface area contributed by atoms with Crippen LogP contribution in [0.2, 0.25) is 0 Å². The first-order valence-corrected chi connectivity index (χ1v) is 12.3. The molecule has 33 heavy (non-hydrogen) atoms. The maximum Gasteiger partial charge on any atom is 0.271 e. The van der Waals surface area contributed by atoms with Crippen LogP contribution in [0.3, 0.4) is 0 Å². The van der Waals surface area contributed by atoms with Crippen LogP contribution in [0.5, 0.6) is 0 Å². The lowest BCUT2D eigenvalue weighted by Gasteiger charge is -2.47. The summed E-state index contributed by atoms with van der Waals surface area (Å²) >= 11 is 0. The van der Waals surface area contributed by atoms with Gasteiger partial charge in [0.05, 0.1) is 12.6 Å². The Balaban J connectivity index is 1.57. The number of fused-ring (bicyclic) bond motifs is 3. The maximum atomic E-state index is 14.0. The lowest BCUT2D eigenvalue weighted by atomic mass is 9.90. The number of carbonyl (C=O) groups is 2. The van der Waals surface area contributed by atoms with E-state index >= 15 is 0 Å². The number of benzene rings is 2. The highest BCUT2D eigenvalue weighted by Gasteiger charge is 2.50. The summed E-state index contributed by atoms with van der Waals surface area (Å²) in [4.78, 5) is 29.8. The zero-order valence-electron chi connectivity index (χ0n) is 19.6. The van der Waals surface area contributed by atoms with Gasteiger partial charge in [0.25, 0.3) is 5.91 Å². The third kappa shape index (κ3) is 3.84. The van der Waals surface area contributed by atoms with Crippen molar-refractivity contribution in [1.29, 1.82) is 0 Å². The Morgan fingerprint density at radius 2 is 1.67 bits per heavy atom. The largest absolute Gasteiger partial charge is 0.351 e. The Morgan fingerprint density at radius 1 is 1.00 bits per heavy atom. The van der Waals surface area contributed by atoms with Gasteiger partial charge in [-0.3, -0.25) is 9.59 Å². The van der Waals surface area contributed by atoms with Gasteiger partial charge in [-0.1, -0.05) is 74.2 Å². The second-order valence-corrected chi connectivity index (χ2v) is 9.87. The predicted octanol–water partition coefficient (Wildman–Crippen LogP) is 5.46. The maximum absolute atomic E-state index is 14.0. The summed E-state index contributed by atoms with van der Waals surface area (Å²) in [5.41, 5.74) is 1.69. The molecule has 2 aromatic carbocycles. The summed E-state index contributed by atoms with van der Waals surface area (Å²) in [6, 6.07) is 20.0. The topological polar surface area (TPSA) is 54.3 Å². The highest BCUT2D eigenvalue weighted by molar-refractivity contribution is 6.03. The van der Waals surface area contributed by atoms with Crippen molar-refractivity contribution >= 4 is 22.7 Å². The van der Waals surface area contributed by atoms with Crippen molar-refractivity contribution in [3.8, 4) is 0 Å². The predicted molar refractivity (Wildman–Crippen MR) is 131 cm³/mol. The van der Waals surface area contributed by atoms with E-state index in [1.807, 2.05) is 84.0 Å². The summed E-state index contributed by atoms with van der Waals surface area (Å²) < 4.78 is 2.04. The van der Waals surface area contributed by atoms with Crippen LogP contribution in [0.15, 0.2) is 60.7 Å². The van der Waals surface area contributed by atoms with Gasteiger partial charge < -0.3 is 14.8 Å². The number of carbonyl (C=O) groups excluding carboxylic acids is 2. The fraction of sp³-hybridized carbons (Fsp3) is 0.429. The lowest BCUT2D eigenvalue weighted by Crippen LogP contribution is -2.65. The molecule has 0 saturated heterocycles. The van der Waals surface area contributed by atoms with E-state index < -0.39 is 5.54 Å². The van der Waals surface area contributed by atoms with Gasteiger partial charge >= 0.3 is 0 Å². The quantitative estimate of drug-likeness (QED) is 0.545. The first kappa shape index (κ1) is 21.7.